The van der Waals surface area contributed by atoms with Crippen molar-refractivity contribution in [2.24, 2.45) is 0 Å². The summed E-state index contributed by atoms with van der Waals surface area (Å²) in [6, 6.07) is 24.0. The molecule has 0 aliphatic carbocycles. The molecule has 0 saturated carbocycles. The number of hydrogen-bond donors (Lipinski definition) is 2. The van der Waals surface area contributed by atoms with Gasteiger partial charge in [0.05, 0.1) is 10.6 Å². The van der Waals surface area contributed by atoms with Crippen molar-refractivity contribution in [2.75, 3.05) is 10.6 Å². The Kier molecular flexibility index (Phi) is 5.15. The van der Waals surface area contributed by atoms with Gasteiger partial charge in [0, 0.05) is 23.0 Å². The van der Waals surface area contributed by atoms with Crippen LogP contribution in [0.1, 0.15) is 0 Å². The van der Waals surface area contributed by atoms with E-state index in [1.54, 1.807) is 17.7 Å². The standard InChI is InChI=1S/C22H16N6S2/c1-2-5-15(6-3-1)18-13-20(24-14-23-18)25-16-8-10-17(11-9-16)26-22-28-27-21(30-22)19-7-4-12-29-19/h1-14H,(H,26,28)(H,23,24,25). The first-order valence-corrected chi connectivity index (χ1v) is 10.9. The molecule has 0 bridgehead atoms. The Bertz CT molecular complexity index is 1230. The fourth-order valence-electron chi connectivity index (χ4n) is 2.87. The molecule has 146 valence electrons. The van der Waals surface area contributed by atoms with Gasteiger partial charge < -0.3 is 10.6 Å². The zero-order valence-electron chi connectivity index (χ0n) is 15.7. The molecule has 2 N–H and O–H groups in total. The number of thiophene rings is 1. The quantitative estimate of drug-likeness (QED) is 0.335. The van der Waals surface area contributed by atoms with Crippen molar-refractivity contribution < 1.29 is 0 Å². The Labute approximate surface area is 181 Å². The summed E-state index contributed by atoms with van der Waals surface area (Å²) in [7, 11) is 0. The summed E-state index contributed by atoms with van der Waals surface area (Å²) in [4.78, 5) is 9.81. The van der Waals surface area contributed by atoms with Crippen LogP contribution in [0, 0.1) is 0 Å². The van der Waals surface area contributed by atoms with Crippen LogP contribution in [0.15, 0.2) is 84.5 Å². The van der Waals surface area contributed by atoms with Crippen LogP contribution in [-0.2, 0) is 0 Å². The zero-order valence-corrected chi connectivity index (χ0v) is 17.3. The third-order valence-electron chi connectivity index (χ3n) is 4.30. The Balaban J connectivity index is 1.27. The summed E-state index contributed by atoms with van der Waals surface area (Å²) < 4.78 is 0. The second-order valence-corrected chi connectivity index (χ2v) is 8.30. The van der Waals surface area contributed by atoms with E-state index in [0.717, 1.165) is 43.5 Å². The Morgan fingerprint density at radius 2 is 1.53 bits per heavy atom. The van der Waals surface area contributed by atoms with E-state index >= 15 is 0 Å². The minimum absolute atomic E-state index is 0.745. The molecule has 30 heavy (non-hydrogen) atoms. The molecular formula is C22H16N6S2. The van der Waals surface area contributed by atoms with Gasteiger partial charge in [0.15, 0.2) is 5.01 Å². The number of anilines is 4. The molecule has 6 nitrogen and oxygen atoms in total. The van der Waals surface area contributed by atoms with Crippen molar-refractivity contribution in [3.63, 3.8) is 0 Å². The van der Waals surface area contributed by atoms with Crippen LogP contribution < -0.4 is 10.6 Å². The number of rotatable bonds is 6. The highest BCUT2D eigenvalue weighted by atomic mass is 32.1. The van der Waals surface area contributed by atoms with Crippen LogP contribution in [0.25, 0.3) is 21.1 Å². The summed E-state index contributed by atoms with van der Waals surface area (Å²) >= 11 is 3.20. The van der Waals surface area contributed by atoms with Crippen molar-refractivity contribution >= 4 is 45.0 Å². The maximum Gasteiger partial charge on any atom is 0.210 e. The fourth-order valence-corrected chi connectivity index (χ4v) is 4.43. The zero-order chi connectivity index (χ0) is 20.2. The molecule has 8 heteroatoms. The third kappa shape index (κ3) is 4.19. The second kappa shape index (κ2) is 8.40. The Morgan fingerprint density at radius 1 is 0.733 bits per heavy atom. The molecule has 3 aromatic heterocycles. The van der Waals surface area contributed by atoms with Crippen molar-refractivity contribution in [3.05, 3.63) is 84.5 Å². The number of hydrogen-bond acceptors (Lipinski definition) is 8. The summed E-state index contributed by atoms with van der Waals surface area (Å²) in [5.74, 6) is 0.745. The molecule has 0 aliphatic rings. The lowest BCUT2D eigenvalue weighted by Gasteiger charge is -2.08. The first-order chi connectivity index (χ1) is 14.8. The molecule has 5 rings (SSSR count). The van der Waals surface area contributed by atoms with Crippen LogP contribution >= 0.6 is 22.7 Å². The van der Waals surface area contributed by atoms with Crippen LogP contribution in [-0.4, -0.2) is 20.2 Å². The van der Waals surface area contributed by atoms with Gasteiger partial charge in [0.2, 0.25) is 5.13 Å². The smallest absolute Gasteiger partial charge is 0.210 e. The van der Waals surface area contributed by atoms with Gasteiger partial charge in [0.25, 0.3) is 0 Å². The molecule has 2 aromatic carbocycles. The van der Waals surface area contributed by atoms with Gasteiger partial charge in [0.1, 0.15) is 12.1 Å². The van der Waals surface area contributed by atoms with Gasteiger partial charge in [-0.1, -0.05) is 47.7 Å². The summed E-state index contributed by atoms with van der Waals surface area (Å²) in [5, 5.41) is 18.8. The van der Waals surface area contributed by atoms with E-state index in [0.29, 0.717) is 0 Å². The number of benzene rings is 2. The van der Waals surface area contributed by atoms with Gasteiger partial charge in [-0.05, 0) is 35.7 Å². The SMILES string of the molecule is c1ccc(-c2cc(Nc3ccc(Nc4nnc(-c5cccs5)s4)cc3)ncn2)cc1. The monoisotopic (exact) mass is 428 g/mol. The molecule has 0 saturated heterocycles. The molecule has 0 spiro atoms. The summed E-state index contributed by atoms with van der Waals surface area (Å²) in [5.41, 5.74) is 3.82. The highest BCUT2D eigenvalue weighted by molar-refractivity contribution is 7.22. The molecule has 0 fully saturated rings. The lowest BCUT2D eigenvalue weighted by Crippen LogP contribution is -1.96. The topological polar surface area (TPSA) is 75.6 Å². The van der Waals surface area contributed by atoms with Crippen molar-refractivity contribution in [2.45, 2.75) is 0 Å². The molecule has 0 unspecified atom stereocenters. The molecule has 5 aromatic rings. The predicted molar refractivity (Wildman–Crippen MR) is 124 cm³/mol. The van der Waals surface area contributed by atoms with Gasteiger partial charge in [-0.15, -0.1) is 21.5 Å². The number of nitrogens with zero attached hydrogens (tertiary/aromatic N) is 4. The predicted octanol–water partition coefficient (Wildman–Crippen LogP) is 6.21. The normalized spacial score (nSPS) is 10.7. The summed E-state index contributed by atoms with van der Waals surface area (Å²) in [6.45, 7) is 0. The van der Waals surface area contributed by atoms with Crippen molar-refractivity contribution in [3.8, 4) is 21.1 Å². The molecule has 0 radical (unpaired) electrons. The Morgan fingerprint density at radius 3 is 2.30 bits per heavy atom. The molecule has 3 heterocycles. The van der Waals surface area contributed by atoms with Crippen LogP contribution in [0.3, 0.4) is 0 Å². The molecule has 0 aliphatic heterocycles. The Hall–Kier alpha value is -3.62. The second-order valence-electron chi connectivity index (χ2n) is 6.37. The lowest BCUT2D eigenvalue weighted by atomic mass is 10.1. The molecule has 0 amide bonds. The van der Waals surface area contributed by atoms with Crippen molar-refractivity contribution in [1.82, 2.24) is 20.2 Å². The van der Waals surface area contributed by atoms with E-state index in [2.05, 4.69) is 30.8 Å². The molecular weight excluding hydrogens is 412 g/mol. The van der Waals surface area contributed by atoms with Gasteiger partial charge in [-0.25, -0.2) is 9.97 Å². The average Bonchev–Trinajstić information content (AvgIpc) is 3.48. The van der Waals surface area contributed by atoms with Gasteiger partial charge in [-0.3, -0.25) is 0 Å². The maximum atomic E-state index is 4.36. The highest BCUT2D eigenvalue weighted by Gasteiger charge is 2.08. The van der Waals surface area contributed by atoms with Crippen LogP contribution in [0.4, 0.5) is 22.3 Å². The van der Waals surface area contributed by atoms with E-state index in [1.165, 1.54) is 11.3 Å². The maximum absolute atomic E-state index is 4.36. The number of nitrogens with one attached hydrogen (secondary N) is 2. The minimum Gasteiger partial charge on any atom is -0.340 e. The highest BCUT2D eigenvalue weighted by Crippen LogP contribution is 2.31. The minimum atomic E-state index is 0.745. The van der Waals surface area contributed by atoms with E-state index in [-0.39, 0.29) is 0 Å². The first-order valence-electron chi connectivity index (χ1n) is 9.22. The lowest BCUT2D eigenvalue weighted by molar-refractivity contribution is 1.10. The van der Waals surface area contributed by atoms with Gasteiger partial charge in [-0.2, -0.15) is 0 Å². The first kappa shape index (κ1) is 18.4. The largest absolute Gasteiger partial charge is 0.340 e. The number of aromatic nitrogens is 4. The fraction of sp³-hybridized carbons (Fsp3) is 0. The third-order valence-corrected chi connectivity index (χ3v) is 6.18. The van der Waals surface area contributed by atoms with Crippen LogP contribution in [0.5, 0.6) is 0 Å². The van der Waals surface area contributed by atoms with E-state index in [1.807, 2.05) is 78.2 Å². The van der Waals surface area contributed by atoms with E-state index in [4.69, 9.17) is 0 Å². The average molecular weight is 429 g/mol. The van der Waals surface area contributed by atoms with E-state index < -0.39 is 0 Å². The van der Waals surface area contributed by atoms with E-state index in [9.17, 15) is 0 Å². The van der Waals surface area contributed by atoms with Crippen molar-refractivity contribution in [1.29, 1.82) is 0 Å². The van der Waals surface area contributed by atoms with Crippen LogP contribution in [0.2, 0.25) is 0 Å². The summed E-state index contributed by atoms with van der Waals surface area (Å²) in [6.07, 6.45) is 1.57. The van der Waals surface area contributed by atoms with Gasteiger partial charge >= 0.3 is 0 Å². The molecule has 0 atom stereocenters.